The highest BCUT2D eigenvalue weighted by molar-refractivity contribution is 6.32. The van der Waals surface area contributed by atoms with Gasteiger partial charge in [-0.25, -0.2) is 23.3 Å². The second-order valence-corrected chi connectivity index (χ2v) is 12.4. The summed E-state index contributed by atoms with van der Waals surface area (Å²) in [7, 11) is 5.78. The van der Waals surface area contributed by atoms with Gasteiger partial charge in [0.1, 0.15) is 25.1 Å². The van der Waals surface area contributed by atoms with Crippen LogP contribution in [-0.2, 0) is 31.9 Å². The Labute approximate surface area is 252 Å². The van der Waals surface area contributed by atoms with Crippen LogP contribution in [0, 0.1) is 17.0 Å². The Balaban J connectivity index is 1.58. The summed E-state index contributed by atoms with van der Waals surface area (Å²) in [6, 6.07) is 9.07. The highest BCUT2D eigenvalue weighted by Gasteiger charge is 2.50. The molecular formula is C31H38BF2N3O6. The molecule has 2 radical (unpaired) electrons. The number of cyclic esters (lactones) is 1. The Bertz CT molecular complexity index is 1330. The molecule has 43 heavy (non-hydrogen) atoms. The topological polar surface area (TPSA) is 114 Å². The number of aryl methyl sites for hydroxylation is 1. The lowest BCUT2D eigenvalue weighted by molar-refractivity contribution is -0.129. The molecule has 230 valence electrons. The number of nitrogens with zero attached hydrogens (tertiary/aromatic N) is 1. The molecule has 3 rings (SSSR count). The van der Waals surface area contributed by atoms with Crippen LogP contribution in [0.4, 0.5) is 18.4 Å². The Morgan fingerprint density at radius 2 is 1.65 bits per heavy atom. The summed E-state index contributed by atoms with van der Waals surface area (Å²) >= 11 is 0. The molecule has 0 aliphatic carbocycles. The molecule has 0 aromatic heterocycles. The number of carbonyl (C=O) groups excluding carboxylic acids is 4. The van der Waals surface area contributed by atoms with Gasteiger partial charge in [-0.15, -0.1) is 0 Å². The first kappa shape index (κ1) is 33.5. The van der Waals surface area contributed by atoms with Gasteiger partial charge in [0.2, 0.25) is 12.0 Å². The maximum atomic E-state index is 13.8. The Kier molecular flexibility index (Phi) is 10.9. The zero-order valence-electron chi connectivity index (χ0n) is 25.2. The van der Waals surface area contributed by atoms with Crippen molar-refractivity contribution < 1.29 is 37.4 Å². The van der Waals surface area contributed by atoms with Crippen molar-refractivity contribution in [3.8, 4) is 0 Å². The number of benzene rings is 2. The maximum Gasteiger partial charge on any atom is 0.420 e. The van der Waals surface area contributed by atoms with Gasteiger partial charge < -0.3 is 20.1 Å². The van der Waals surface area contributed by atoms with Gasteiger partial charge in [-0.1, -0.05) is 43.6 Å². The van der Waals surface area contributed by atoms with E-state index in [1.807, 2.05) is 13.8 Å². The minimum absolute atomic E-state index is 0.115. The fourth-order valence-electron chi connectivity index (χ4n) is 4.45. The van der Waals surface area contributed by atoms with Gasteiger partial charge >= 0.3 is 12.2 Å². The van der Waals surface area contributed by atoms with Gasteiger partial charge in [0.05, 0.1) is 6.04 Å². The third kappa shape index (κ3) is 10.1. The number of halogens is 2. The number of nitrogens with one attached hydrogen (secondary N) is 2. The average molecular weight is 597 g/mol. The fraction of sp³-hybridized carbons (Fsp3) is 0.484. The molecule has 2 atom stereocenters. The lowest BCUT2D eigenvalue weighted by Crippen LogP contribution is -2.50. The summed E-state index contributed by atoms with van der Waals surface area (Å²) in [5.74, 6) is -1.92. The third-order valence-electron chi connectivity index (χ3n) is 6.74. The van der Waals surface area contributed by atoms with Gasteiger partial charge in [0.15, 0.2) is 0 Å². The van der Waals surface area contributed by atoms with Crippen molar-refractivity contribution in [2.24, 2.45) is 5.41 Å². The first-order chi connectivity index (χ1) is 20.0. The summed E-state index contributed by atoms with van der Waals surface area (Å²) in [6.45, 7) is 8.98. The fourth-order valence-corrected chi connectivity index (χ4v) is 4.45. The highest BCUT2D eigenvalue weighted by Crippen LogP contribution is 2.26. The van der Waals surface area contributed by atoms with Crippen molar-refractivity contribution in [1.82, 2.24) is 15.5 Å². The lowest BCUT2D eigenvalue weighted by atomic mass is 9.92. The molecule has 2 aromatic carbocycles. The molecule has 4 amide bonds. The summed E-state index contributed by atoms with van der Waals surface area (Å²) < 4.78 is 37.9. The largest absolute Gasteiger partial charge is 0.443 e. The van der Waals surface area contributed by atoms with E-state index in [2.05, 4.69) is 10.6 Å². The summed E-state index contributed by atoms with van der Waals surface area (Å²) in [5, 5.41) is 5.58. The van der Waals surface area contributed by atoms with E-state index >= 15 is 0 Å². The van der Waals surface area contributed by atoms with Crippen molar-refractivity contribution in [2.45, 2.75) is 78.0 Å². The SMILES string of the molecule is [B]c1ccc(C[C@@H]2[C@@H](C(=O)NCC(C)(C)CNC(=O)CCCc3cc(F)ccc3F)OC(=O)N2C(=O)OC(C)(C)C)cc1. The number of hydrogen-bond acceptors (Lipinski definition) is 6. The molecule has 0 unspecified atom stereocenters. The van der Waals surface area contributed by atoms with Crippen LogP contribution in [0.25, 0.3) is 0 Å². The molecular weight excluding hydrogens is 559 g/mol. The van der Waals surface area contributed by atoms with Gasteiger partial charge in [-0.2, -0.15) is 0 Å². The van der Waals surface area contributed by atoms with Crippen LogP contribution in [0.3, 0.4) is 0 Å². The van der Waals surface area contributed by atoms with Crippen molar-refractivity contribution in [2.75, 3.05) is 13.1 Å². The van der Waals surface area contributed by atoms with Crippen LogP contribution in [0.1, 0.15) is 58.6 Å². The van der Waals surface area contributed by atoms with Gasteiger partial charge in [-0.3, -0.25) is 9.59 Å². The molecule has 9 nitrogen and oxygen atoms in total. The zero-order valence-corrected chi connectivity index (χ0v) is 25.2. The molecule has 2 N–H and O–H groups in total. The van der Waals surface area contributed by atoms with Crippen LogP contribution in [0.5, 0.6) is 0 Å². The van der Waals surface area contributed by atoms with Crippen molar-refractivity contribution in [3.05, 3.63) is 65.2 Å². The van der Waals surface area contributed by atoms with E-state index in [1.54, 1.807) is 45.0 Å². The quantitative estimate of drug-likeness (QED) is 0.382. The number of amides is 4. The molecule has 12 heteroatoms. The third-order valence-corrected chi connectivity index (χ3v) is 6.74. The molecule has 0 bridgehead atoms. The normalized spacial score (nSPS) is 16.9. The maximum absolute atomic E-state index is 13.8. The van der Waals surface area contributed by atoms with Crippen LogP contribution in [0.2, 0.25) is 0 Å². The van der Waals surface area contributed by atoms with E-state index in [-0.39, 0.29) is 43.8 Å². The molecule has 1 heterocycles. The molecule has 1 saturated heterocycles. The Morgan fingerprint density at radius 1 is 1.00 bits per heavy atom. The van der Waals surface area contributed by atoms with E-state index in [9.17, 15) is 28.0 Å². The molecule has 1 aliphatic rings. The van der Waals surface area contributed by atoms with Crippen molar-refractivity contribution in [3.63, 3.8) is 0 Å². The number of hydrogen-bond donors (Lipinski definition) is 2. The van der Waals surface area contributed by atoms with Crippen LogP contribution >= 0.6 is 0 Å². The van der Waals surface area contributed by atoms with E-state index in [0.717, 1.165) is 28.7 Å². The highest BCUT2D eigenvalue weighted by atomic mass is 19.1. The summed E-state index contributed by atoms with van der Waals surface area (Å²) in [6.07, 6.45) is -2.41. The lowest BCUT2D eigenvalue weighted by Gasteiger charge is -2.28. The smallest absolute Gasteiger partial charge is 0.420 e. The standard InChI is InChI=1S/C31H38BF2N3O6/c1-30(2,3)43-29(41)37-24(15-19-9-11-21(32)12-10-19)26(42-28(37)40)27(39)36-18-31(4,5)17-35-25(38)8-6-7-20-16-22(33)13-14-23(20)34/h9-14,16,24,26H,6-8,15,17-18H2,1-5H3,(H,35,38)(H,36,39)/t24-,26+/m1/s1. The average Bonchev–Trinajstić information content (AvgIpc) is 3.24. The first-order valence-corrected chi connectivity index (χ1v) is 14.1. The predicted molar refractivity (Wildman–Crippen MR) is 157 cm³/mol. The zero-order chi connectivity index (χ0) is 31.9. The van der Waals surface area contributed by atoms with Crippen molar-refractivity contribution in [1.29, 1.82) is 0 Å². The predicted octanol–water partition coefficient (Wildman–Crippen LogP) is 3.71. The number of rotatable bonds is 11. The van der Waals surface area contributed by atoms with Crippen molar-refractivity contribution >= 4 is 37.3 Å². The van der Waals surface area contributed by atoms with E-state index < -0.39 is 52.9 Å². The van der Waals surface area contributed by atoms with Gasteiger partial charge in [-0.05, 0) is 74.8 Å². The van der Waals surface area contributed by atoms with Crippen LogP contribution in [0.15, 0.2) is 42.5 Å². The van der Waals surface area contributed by atoms with E-state index in [4.69, 9.17) is 17.3 Å². The first-order valence-electron chi connectivity index (χ1n) is 14.1. The minimum Gasteiger partial charge on any atom is -0.443 e. The second-order valence-electron chi connectivity index (χ2n) is 12.4. The van der Waals surface area contributed by atoms with E-state index in [0.29, 0.717) is 11.9 Å². The number of ether oxygens (including phenoxy) is 2. The molecule has 1 aliphatic heterocycles. The number of imide groups is 1. The molecule has 1 fully saturated rings. The van der Waals surface area contributed by atoms with Gasteiger partial charge in [0.25, 0.3) is 5.91 Å². The number of carbonyl (C=O) groups is 4. The molecule has 2 aromatic rings. The van der Waals surface area contributed by atoms with E-state index in [1.165, 1.54) is 0 Å². The Hall–Kier alpha value is -3.96. The summed E-state index contributed by atoms with van der Waals surface area (Å²) in [4.78, 5) is 52.2. The minimum atomic E-state index is -1.30. The molecule has 0 spiro atoms. The van der Waals surface area contributed by atoms with Crippen LogP contribution < -0.4 is 16.1 Å². The monoisotopic (exact) mass is 597 g/mol. The van der Waals surface area contributed by atoms with Gasteiger partial charge in [0, 0.05) is 19.5 Å². The molecule has 0 saturated carbocycles. The van der Waals surface area contributed by atoms with Crippen LogP contribution in [-0.4, -0.2) is 67.6 Å². The Morgan fingerprint density at radius 3 is 2.30 bits per heavy atom. The summed E-state index contributed by atoms with van der Waals surface area (Å²) in [5.41, 5.74) is -0.000896. The second kappa shape index (κ2) is 14.0.